The first-order valence-corrected chi connectivity index (χ1v) is 10.6. The Morgan fingerprint density at radius 3 is 2.37 bits per heavy atom. The highest BCUT2D eigenvalue weighted by Gasteiger charge is 2.23. The van der Waals surface area contributed by atoms with Gasteiger partial charge in [0.1, 0.15) is 12.4 Å². The molecule has 1 atom stereocenters. The number of nitrogens with one attached hydrogen (secondary N) is 1. The molecule has 2 rings (SSSR count). The lowest BCUT2D eigenvalue weighted by molar-refractivity contribution is -0.120. The van der Waals surface area contributed by atoms with Gasteiger partial charge in [0.15, 0.2) is 0 Å². The molecule has 0 saturated carbocycles. The monoisotopic (exact) mass is 412 g/mol. The van der Waals surface area contributed by atoms with E-state index in [0.29, 0.717) is 6.42 Å². The largest absolute Gasteiger partial charge is 0.348 e. The second-order valence-corrected chi connectivity index (χ2v) is 8.62. The van der Waals surface area contributed by atoms with Crippen molar-refractivity contribution >= 4 is 33.2 Å². The number of carbonyl (C=O) groups excluding carboxylic acids is 1. The average Bonchev–Trinajstić information content (AvgIpc) is 2.60. The van der Waals surface area contributed by atoms with Gasteiger partial charge in [-0.05, 0) is 37.1 Å². The number of anilines is 1. The van der Waals surface area contributed by atoms with Gasteiger partial charge in [-0.15, -0.1) is 0 Å². The van der Waals surface area contributed by atoms with Crippen molar-refractivity contribution in [3.8, 4) is 0 Å². The molecule has 146 valence electrons. The van der Waals surface area contributed by atoms with Crippen LogP contribution in [0, 0.1) is 12.7 Å². The van der Waals surface area contributed by atoms with E-state index >= 15 is 0 Å². The van der Waals surface area contributed by atoms with Crippen molar-refractivity contribution in [2.45, 2.75) is 26.3 Å². The van der Waals surface area contributed by atoms with Crippen molar-refractivity contribution in [3.05, 3.63) is 64.4 Å². The van der Waals surface area contributed by atoms with Crippen LogP contribution in [0.15, 0.2) is 42.5 Å². The zero-order valence-electron chi connectivity index (χ0n) is 15.4. The lowest BCUT2D eigenvalue weighted by Crippen LogP contribution is -2.41. The highest BCUT2D eigenvalue weighted by molar-refractivity contribution is 7.92. The third-order valence-electron chi connectivity index (χ3n) is 4.10. The number of aryl methyl sites for hydroxylation is 1. The summed E-state index contributed by atoms with van der Waals surface area (Å²) in [6.07, 6.45) is 1.63. The van der Waals surface area contributed by atoms with Crippen molar-refractivity contribution in [1.82, 2.24) is 5.32 Å². The van der Waals surface area contributed by atoms with E-state index in [0.717, 1.165) is 27.8 Å². The lowest BCUT2D eigenvalue weighted by Gasteiger charge is -2.24. The van der Waals surface area contributed by atoms with Gasteiger partial charge in [-0.2, -0.15) is 0 Å². The van der Waals surface area contributed by atoms with E-state index in [1.165, 1.54) is 12.1 Å². The molecule has 2 aromatic carbocycles. The molecular weight excluding hydrogens is 391 g/mol. The number of hydrogen-bond acceptors (Lipinski definition) is 3. The summed E-state index contributed by atoms with van der Waals surface area (Å²) >= 11 is 5.75. The van der Waals surface area contributed by atoms with Crippen molar-refractivity contribution in [2.75, 3.05) is 17.1 Å². The van der Waals surface area contributed by atoms with E-state index in [9.17, 15) is 17.6 Å². The molecule has 0 aliphatic rings. The fraction of sp³-hybridized carbons (Fsp3) is 0.316. The quantitative estimate of drug-likeness (QED) is 0.751. The minimum atomic E-state index is -3.76. The van der Waals surface area contributed by atoms with Gasteiger partial charge >= 0.3 is 0 Å². The Morgan fingerprint density at radius 1 is 1.22 bits per heavy atom. The Hall–Kier alpha value is -2.12. The average molecular weight is 413 g/mol. The van der Waals surface area contributed by atoms with E-state index in [1.54, 1.807) is 0 Å². The molecule has 0 aromatic heterocycles. The number of amides is 1. The standard InChI is InChI=1S/C19H22ClFN2O3S/c1-4-18(14-7-5-13(2)6-8-14)22-19(24)12-23(27(3,25)26)15-9-10-17(21)16(20)11-15/h5-11,18H,4,12H2,1-3H3,(H,22,24). The molecule has 0 spiro atoms. The van der Waals surface area contributed by atoms with Gasteiger partial charge in [0.25, 0.3) is 0 Å². The maximum atomic E-state index is 13.4. The van der Waals surface area contributed by atoms with E-state index < -0.39 is 28.3 Å². The number of halogens is 2. The van der Waals surface area contributed by atoms with Crippen LogP contribution in [-0.2, 0) is 14.8 Å². The van der Waals surface area contributed by atoms with Gasteiger partial charge in [-0.25, -0.2) is 12.8 Å². The summed E-state index contributed by atoms with van der Waals surface area (Å²) < 4.78 is 38.5. The molecular formula is C19H22ClFN2O3S. The van der Waals surface area contributed by atoms with Crippen LogP contribution in [0.3, 0.4) is 0 Å². The SMILES string of the molecule is CCC(NC(=O)CN(c1ccc(F)c(Cl)c1)S(C)(=O)=O)c1ccc(C)cc1. The topological polar surface area (TPSA) is 66.5 Å². The van der Waals surface area contributed by atoms with Crippen LogP contribution in [0.2, 0.25) is 5.02 Å². The van der Waals surface area contributed by atoms with Crippen molar-refractivity contribution < 1.29 is 17.6 Å². The molecule has 8 heteroatoms. The zero-order chi connectivity index (χ0) is 20.2. The van der Waals surface area contributed by atoms with Crippen LogP contribution >= 0.6 is 11.6 Å². The predicted octanol–water partition coefficient (Wildman–Crippen LogP) is 3.82. The molecule has 0 bridgehead atoms. The van der Waals surface area contributed by atoms with E-state index in [-0.39, 0.29) is 16.8 Å². The number of sulfonamides is 1. The molecule has 0 aliphatic carbocycles. The molecule has 1 N–H and O–H groups in total. The number of rotatable bonds is 7. The first-order chi connectivity index (χ1) is 12.6. The van der Waals surface area contributed by atoms with Gasteiger partial charge in [0.2, 0.25) is 15.9 Å². The van der Waals surface area contributed by atoms with Gasteiger partial charge in [0, 0.05) is 0 Å². The normalized spacial score (nSPS) is 12.5. The summed E-state index contributed by atoms with van der Waals surface area (Å²) in [5, 5.41) is 2.63. The molecule has 5 nitrogen and oxygen atoms in total. The maximum Gasteiger partial charge on any atom is 0.241 e. The molecule has 0 aliphatic heterocycles. The Bertz CT molecular complexity index is 917. The minimum Gasteiger partial charge on any atom is -0.348 e. The lowest BCUT2D eigenvalue weighted by atomic mass is 10.0. The summed E-state index contributed by atoms with van der Waals surface area (Å²) in [5.41, 5.74) is 2.17. The van der Waals surface area contributed by atoms with E-state index in [2.05, 4.69) is 5.32 Å². The Balaban J connectivity index is 2.20. The number of benzene rings is 2. The summed E-state index contributed by atoms with van der Waals surface area (Å²) in [7, 11) is -3.76. The van der Waals surface area contributed by atoms with Crippen LogP contribution in [0.1, 0.15) is 30.5 Å². The van der Waals surface area contributed by atoms with Crippen LogP contribution in [0.25, 0.3) is 0 Å². The van der Waals surface area contributed by atoms with Crippen molar-refractivity contribution in [3.63, 3.8) is 0 Å². The molecule has 1 unspecified atom stereocenters. The molecule has 0 saturated heterocycles. The zero-order valence-corrected chi connectivity index (χ0v) is 16.9. The van der Waals surface area contributed by atoms with Crippen LogP contribution in [0.4, 0.5) is 10.1 Å². The third-order valence-corrected chi connectivity index (χ3v) is 5.53. The summed E-state index contributed by atoms with van der Waals surface area (Å²) in [4.78, 5) is 12.5. The van der Waals surface area contributed by atoms with Crippen LogP contribution in [0.5, 0.6) is 0 Å². The Labute approximate surface area is 164 Å². The van der Waals surface area contributed by atoms with Crippen LogP contribution < -0.4 is 9.62 Å². The second kappa shape index (κ2) is 8.71. The van der Waals surface area contributed by atoms with E-state index in [1.807, 2.05) is 38.1 Å². The number of nitrogens with zero attached hydrogens (tertiary/aromatic N) is 1. The molecule has 27 heavy (non-hydrogen) atoms. The highest BCUT2D eigenvalue weighted by atomic mass is 35.5. The molecule has 0 heterocycles. The highest BCUT2D eigenvalue weighted by Crippen LogP contribution is 2.24. The number of carbonyl (C=O) groups is 1. The fourth-order valence-electron chi connectivity index (χ4n) is 2.63. The van der Waals surface area contributed by atoms with E-state index in [4.69, 9.17) is 11.6 Å². The van der Waals surface area contributed by atoms with Gasteiger partial charge in [-0.3, -0.25) is 9.10 Å². The molecule has 1 amide bonds. The Kier molecular flexibility index (Phi) is 6.84. The minimum absolute atomic E-state index is 0.127. The summed E-state index contributed by atoms with van der Waals surface area (Å²) in [6.45, 7) is 3.48. The third kappa shape index (κ3) is 5.68. The first kappa shape index (κ1) is 21.2. The summed E-state index contributed by atoms with van der Waals surface area (Å²) in [5.74, 6) is -1.13. The van der Waals surface area contributed by atoms with Crippen LogP contribution in [-0.4, -0.2) is 27.1 Å². The smallest absolute Gasteiger partial charge is 0.241 e. The first-order valence-electron chi connectivity index (χ1n) is 8.40. The fourth-order valence-corrected chi connectivity index (χ4v) is 3.65. The van der Waals surface area contributed by atoms with Gasteiger partial charge in [-0.1, -0.05) is 48.4 Å². The summed E-state index contributed by atoms with van der Waals surface area (Å²) in [6, 6.07) is 11.0. The predicted molar refractivity (Wildman–Crippen MR) is 106 cm³/mol. The van der Waals surface area contributed by atoms with Gasteiger partial charge < -0.3 is 5.32 Å². The maximum absolute atomic E-state index is 13.4. The van der Waals surface area contributed by atoms with Crippen molar-refractivity contribution in [1.29, 1.82) is 0 Å². The molecule has 0 fully saturated rings. The van der Waals surface area contributed by atoms with Gasteiger partial charge in [0.05, 0.1) is 23.0 Å². The molecule has 2 aromatic rings. The molecule has 0 radical (unpaired) electrons. The number of hydrogen-bond donors (Lipinski definition) is 1. The Morgan fingerprint density at radius 2 is 1.85 bits per heavy atom. The second-order valence-electron chi connectivity index (χ2n) is 6.31. The van der Waals surface area contributed by atoms with Crippen molar-refractivity contribution in [2.24, 2.45) is 0 Å².